The molecule has 2 aromatic rings. The molecule has 1 aliphatic carbocycles. The number of ether oxygens (including phenoxy) is 2. The van der Waals surface area contributed by atoms with E-state index in [1.807, 2.05) is 12.1 Å². The lowest BCUT2D eigenvalue weighted by Crippen LogP contribution is -2.04. The van der Waals surface area contributed by atoms with Crippen molar-refractivity contribution in [1.29, 1.82) is 0 Å². The van der Waals surface area contributed by atoms with Gasteiger partial charge < -0.3 is 9.47 Å². The van der Waals surface area contributed by atoms with E-state index in [4.69, 9.17) is 9.47 Å². The van der Waals surface area contributed by atoms with Gasteiger partial charge >= 0.3 is 0 Å². The minimum atomic E-state index is 0.882. The van der Waals surface area contributed by atoms with Crippen molar-refractivity contribution in [1.82, 2.24) is 0 Å². The number of benzene rings is 2. The lowest BCUT2D eigenvalue weighted by molar-refractivity contribution is 0.406. The summed E-state index contributed by atoms with van der Waals surface area (Å²) in [5.41, 5.74) is 3.64. The van der Waals surface area contributed by atoms with E-state index >= 15 is 0 Å². The lowest BCUT2D eigenvalue weighted by atomic mass is 9.89. The van der Waals surface area contributed by atoms with E-state index in [1.54, 1.807) is 14.2 Å². The number of rotatable bonds is 2. The summed E-state index contributed by atoms with van der Waals surface area (Å²) in [5.74, 6) is 1.89. The van der Waals surface area contributed by atoms with Crippen molar-refractivity contribution in [3.05, 3.63) is 53.1 Å². The standard InChI is InChI=1S/C18H18O2/c1-4-12-9-10-15-16(11-12)18(20-3)14-8-6-5-7-13(14)17(15)19-2/h4-10H,11H2,1-3H3. The maximum atomic E-state index is 5.70. The minimum absolute atomic E-state index is 0.882. The Hall–Kier alpha value is -2.22. The van der Waals surface area contributed by atoms with Gasteiger partial charge in [0.1, 0.15) is 11.5 Å². The molecule has 0 radical (unpaired) electrons. The Bertz CT molecular complexity index is 724. The molecule has 0 heterocycles. The smallest absolute Gasteiger partial charge is 0.134 e. The molecule has 2 aromatic carbocycles. The van der Waals surface area contributed by atoms with Crippen LogP contribution >= 0.6 is 0 Å². The first kappa shape index (κ1) is 12.8. The van der Waals surface area contributed by atoms with E-state index in [-0.39, 0.29) is 0 Å². The molecule has 1 aliphatic rings. The van der Waals surface area contributed by atoms with Crippen molar-refractivity contribution in [3.8, 4) is 11.5 Å². The topological polar surface area (TPSA) is 18.5 Å². The zero-order valence-electron chi connectivity index (χ0n) is 12.1. The Balaban J connectivity index is 2.42. The van der Waals surface area contributed by atoms with Gasteiger partial charge in [-0.3, -0.25) is 0 Å². The van der Waals surface area contributed by atoms with E-state index in [1.165, 1.54) is 11.1 Å². The van der Waals surface area contributed by atoms with Crippen LogP contribution < -0.4 is 9.47 Å². The third-order valence-corrected chi connectivity index (χ3v) is 3.88. The summed E-state index contributed by atoms with van der Waals surface area (Å²) in [4.78, 5) is 0. The fraction of sp³-hybridized carbons (Fsp3) is 0.222. The van der Waals surface area contributed by atoms with Crippen LogP contribution in [0.15, 0.2) is 42.0 Å². The molecule has 20 heavy (non-hydrogen) atoms. The number of hydrogen-bond acceptors (Lipinski definition) is 2. The minimum Gasteiger partial charge on any atom is -0.496 e. The highest BCUT2D eigenvalue weighted by atomic mass is 16.5. The second-order valence-corrected chi connectivity index (χ2v) is 4.88. The van der Waals surface area contributed by atoms with Gasteiger partial charge in [0.15, 0.2) is 0 Å². The molecule has 2 nitrogen and oxygen atoms in total. The van der Waals surface area contributed by atoms with Gasteiger partial charge in [0.25, 0.3) is 0 Å². The number of hydrogen-bond donors (Lipinski definition) is 0. The molecule has 0 amide bonds. The van der Waals surface area contributed by atoms with Crippen LogP contribution in [0.2, 0.25) is 0 Å². The number of fused-ring (bicyclic) bond motifs is 2. The summed E-state index contributed by atoms with van der Waals surface area (Å²) in [5, 5.41) is 2.20. The highest BCUT2D eigenvalue weighted by molar-refractivity contribution is 5.99. The van der Waals surface area contributed by atoms with Gasteiger partial charge in [-0.25, -0.2) is 0 Å². The molecule has 0 saturated heterocycles. The van der Waals surface area contributed by atoms with E-state index in [0.29, 0.717) is 0 Å². The van der Waals surface area contributed by atoms with Gasteiger partial charge in [-0.2, -0.15) is 0 Å². The van der Waals surface area contributed by atoms with E-state index in [9.17, 15) is 0 Å². The lowest BCUT2D eigenvalue weighted by Gasteiger charge is -2.22. The molecule has 3 rings (SSSR count). The number of allylic oxidation sites excluding steroid dienone is 3. The molecule has 0 atom stereocenters. The molecule has 0 aliphatic heterocycles. The Kier molecular flexibility index (Phi) is 3.23. The predicted octanol–water partition coefficient (Wildman–Crippen LogP) is 4.37. The summed E-state index contributed by atoms with van der Waals surface area (Å²) in [6.07, 6.45) is 7.30. The van der Waals surface area contributed by atoms with Crippen LogP contribution in [0.5, 0.6) is 11.5 Å². The molecule has 0 saturated carbocycles. The Labute approximate surface area is 119 Å². The summed E-state index contributed by atoms with van der Waals surface area (Å²) in [7, 11) is 3.47. The Morgan fingerprint density at radius 2 is 1.60 bits per heavy atom. The van der Waals surface area contributed by atoms with Crippen molar-refractivity contribution in [2.75, 3.05) is 14.2 Å². The van der Waals surface area contributed by atoms with E-state index < -0.39 is 0 Å². The van der Waals surface area contributed by atoms with E-state index in [0.717, 1.165) is 34.3 Å². The first-order valence-electron chi connectivity index (χ1n) is 6.79. The predicted molar refractivity (Wildman–Crippen MR) is 83.5 cm³/mol. The second kappa shape index (κ2) is 5.04. The highest BCUT2D eigenvalue weighted by Gasteiger charge is 2.21. The van der Waals surface area contributed by atoms with Gasteiger partial charge in [0.05, 0.1) is 14.2 Å². The molecule has 0 N–H and O–H groups in total. The van der Waals surface area contributed by atoms with Crippen molar-refractivity contribution >= 4 is 16.8 Å². The summed E-state index contributed by atoms with van der Waals surface area (Å²) in [6.45, 7) is 2.06. The zero-order valence-corrected chi connectivity index (χ0v) is 12.1. The zero-order chi connectivity index (χ0) is 14.1. The summed E-state index contributed by atoms with van der Waals surface area (Å²) >= 11 is 0. The quantitative estimate of drug-likeness (QED) is 0.803. The molecule has 0 aromatic heterocycles. The van der Waals surface area contributed by atoms with Crippen molar-refractivity contribution in [3.63, 3.8) is 0 Å². The highest BCUT2D eigenvalue weighted by Crippen LogP contribution is 2.44. The molecule has 0 unspecified atom stereocenters. The van der Waals surface area contributed by atoms with Gasteiger partial charge in [0.2, 0.25) is 0 Å². The van der Waals surface area contributed by atoms with Crippen LogP contribution in [0.25, 0.3) is 16.8 Å². The average molecular weight is 266 g/mol. The third kappa shape index (κ3) is 1.80. The van der Waals surface area contributed by atoms with Crippen LogP contribution in [-0.2, 0) is 6.42 Å². The largest absolute Gasteiger partial charge is 0.496 e. The van der Waals surface area contributed by atoms with Crippen molar-refractivity contribution in [2.45, 2.75) is 13.3 Å². The molecule has 2 heteroatoms. The average Bonchev–Trinajstić information content (AvgIpc) is 2.51. The van der Waals surface area contributed by atoms with Crippen LogP contribution in [0.4, 0.5) is 0 Å². The molecular formula is C18H18O2. The first-order valence-corrected chi connectivity index (χ1v) is 6.79. The van der Waals surface area contributed by atoms with Gasteiger partial charge in [0, 0.05) is 28.3 Å². The Morgan fingerprint density at radius 3 is 2.20 bits per heavy atom. The normalized spacial score (nSPS) is 15.4. The van der Waals surface area contributed by atoms with Gasteiger partial charge in [-0.15, -0.1) is 0 Å². The van der Waals surface area contributed by atoms with Gasteiger partial charge in [-0.05, 0) is 12.5 Å². The third-order valence-electron chi connectivity index (χ3n) is 3.88. The van der Waals surface area contributed by atoms with Crippen LogP contribution in [-0.4, -0.2) is 14.2 Å². The molecule has 0 bridgehead atoms. The molecular weight excluding hydrogens is 248 g/mol. The fourth-order valence-corrected chi connectivity index (χ4v) is 2.90. The van der Waals surface area contributed by atoms with Crippen molar-refractivity contribution in [2.24, 2.45) is 0 Å². The number of methoxy groups -OCH3 is 2. The molecule has 0 fully saturated rings. The van der Waals surface area contributed by atoms with Crippen LogP contribution in [0.3, 0.4) is 0 Å². The summed E-state index contributed by atoms with van der Waals surface area (Å²) < 4.78 is 11.4. The summed E-state index contributed by atoms with van der Waals surface area (Å²) in [6, 6.07) is 8.23. The van der Waals surface area contributed by atoms with Crippen LogP contribution in [0, 0.1) is 0 Å². The SMILES string of the molecule is CC=C1C=Cc2c(c(OC)c3ccccc3c2OC)C1. The second-order valence-electron chi connectivity index (χ2n) is 4.88. The van der Waals surface area contributed by atoms with Crippen LogP contribution in [0.1, 0.15) is 18.1 Å². The fourth-order valence-electron chi connectivity index (χ4n) is 2.90. The van der Waals surface area contributed by atoms with Crippen molar-refractivity contribution < 1.29 is 9.47 Å². The molecule has 102 valence electrons. The maximum Gasteiger partial charge on any atom is 0.134 e. The molecule has 0 spiro atoms. The maximum absolute atomic E-state index is 5.70. The monoisotopic (exact) mass is 266 g/mol. The van der Waals surface area contributed by atoms with E-state index in [2.05, 4.69) is 37.3 Å². The van der Waals surface area contributed by atoms with Gasteiger partial charge in [-0.1, -0.05) is 42.5 Å². The Morgan fingerprint density at radius 1 is 0.950 bits per heavy atom. The first-order chi connectivity index (χ1) is 9.80.